The zero-order valence-corrected chi connectivity index (χ0v) is 14.7. The van der Waals surface area contributed by atoms with Gasteiger partial charge in [-0.25, -0.2) is 4.79 Å². The van der Waals surface area contributed by atoms with E-state index in [-0.39, 0.29) is 18.6 Å². The summed E-state index contributed by atoms with van der Waals surface area (Å²) in [6, 6.07) is 6.93. The number of piperidine rings is 1. The van der Waals surface area contributed by atoms with Crippen LogP contribution in [-0.4, -0.2) is 55.4 Å². The largest absolute Gasteiger partial charge is 0.494 e. The molecule has 2 amide bonds. The van der Waals surface area contributed by atoms with Crippen LogP contribution in [0.5, 0.6) is 5.75 Å². The Morgan fingerprint density at radius 3 is 2.68 bits per heavy atom. The topological polar surface area (TPSA) is 88.1 Å². The first kappa shape index (κ1) is 19.1. The molecule has 1 saturated heterocycles. The Morgan fingerprint density at radius 1 is 1.36 bits per heavy atom. The van der Waals surface area contributed by atoms with Crippen LogP contribution in [-0.2, 0) is 9.53 Å². The summed E-state index contributed by atoms with van der Waals surface area (Å²) in [6.07, 6.45) is 1.31. The first-order valence-corrected chi connectivity index (χ1v) is 8.55. The van der Waals surface area contributed by atoms with Crippen molar-refractivity contribution < 1.29 is 24.2 Å². The Morgan fingerprint density at radius 2 is 2.08 bits per heavy atom. The van der Waals surface area contributed by atoms with Gasteiger partial charge in [-0.1, -0.05) is 12.1 Å². The predicted molar refractivity (Wildman–Crippen MR) is 92.7 cm³/mol. The maximum absolute atomic E-state index is 12.5. The number of aliphatic carboxylic acids is 1. The maximum Gasteiger partial charge on any atom is 0.317 e. The third kappa shape index (κ3) is 5.35. The van der Waals surface area contributed by atoms with E-state index in [9.17, 15) is 9.59 Å². The molecule has 0 aromatic heterocycles. The van der Waals surface area contributed by atoms with Gasteiger partial charge in [0.25, 0.3) is 0 Å². The Kier molecular flexibility index (Phi) is 7.06. The fourth-order valence-corrected chi connectivity index (χ4v) is 2.95. The van der Waals surface area contributed by atoms with E-state index < -0.39 is 11.9 Å². The number of carboxylic acid groups (broad SMARTS) is 1. The second kappa shape index (κ2) is 9.27. The molecule has 7 heteroatoms. The number of amides is 2. The fourth-order valence-electron chi connectivity index (χ4n) is 2.95. The van der Waals surface area contributed by atoms with E-state index in [1.165, 1.54) is 0 Å². The van der Waals surface area contributed by atoms with E-state index in [0.717, 1.165) is 11.3 Å². The van der Waals surface area contributed by atoms with Gasteiger partial charge in [0, 0.05) is 20.2 Å². The first-order chi connectivity index (χ1) is 12.0. The lowest BCUT2D eigenvalue weighted by molar-refractivity contribution is -0.143. The van der Waals surface area contributed by atoms with Crippen LogP contribution in [0.2, 0.25) is 0 Å². The number of carbonyl (C=O) groups excluding carboxylic acids is 1. The molecule has 2 unspecified atom stereocenters. The van der Waals surface area contributed by atoms with Crippen LogP contribution in [0.4, 0.5) is 4.79 Å². The van der Waals surface area contributed by atoms with Gasteiger partial charge in [-0.3, -0.25) is 4.79 Å². The number of carbonyl (C=O) groups is 2. The molecule has 25 heavy (non-hydrogen) atoms. The number of methoxy groups -OCH3 is 1. The molecule has 1 aliphatic rings. The number of rotatable bonds is 7. The zero-order valence-electron chi connectivity index (χ0n) is 14.7. The van der Waals surface area contributed by atoms with Crippen molar-refractivity contribution >= 4 is 12.0 Å². The highest BCUT2D eigenvalue weighted by Crippen LogP contribution is 2.20. The summed E-state index contributed by atoms with van der Waals surface area (Å²) < 4.78 is 10.7. The number of nitrogens with zero attached hydrogens (tertiary/aromatic N) is 1. The molecule has 2 N–H and O–H groups in total. The van der Waals surface area contributed by atoms with Crippen LogP contribution < -0.4 is 10.1 Å². The van der Waals surface area contributed by atoms with Crippen molar-refractivity contribution in [2.75, 3.05) is 33.4 Å². The predicted octanol–water partition coefficient (Wildman–Crippen LogP) is 2.28. The molecule has 2 rings (SSSR count). The molecule has 1 aromatic carbocycles. The van der Waals surface area contributed by atoms with Gasteiger partial charge in [0.1, 0.15) is 5.75 Å². The van der Waals surface area contributed by atoms with Crippen molar-refractivity contribution in [1.82, 2.24) is 10.2 Å². The third-order valence-electron chi connectivity index (χ3n) is 4.28. The lowest BCUT2D eigenvalue weighted by atomic mass is 9.98. The summed E-state index contributed by atoms with van der Waals surface area (Å²) in [7, 11) is 1.58. The number of nitrogens with one attached hydrogen (secondary N) is 1. The number of urea groups is 1. The van der Waals surface area contributed by atoms with Crippen LogP contribution in [0.1, 0.15) is 31.4 Å². The summed E-state index contributed by atoms with van der Waals surface area (Å²) in [4.78, 5) is 25.3. The second-order valence-electron chi connectivity index (χ2n) is 6.08. The molecule has 1 aromatic rings. The minimum absolute atomic E-state index is 0.240. The highest BCUT2D eigenvalue weighted by molar-refractivity contribution is 5.77. The Balaban J connectivity index is 2.02. The summed E-state index contributed by atoms with van der Waals surface area (Å²) in [5, 5.41) is 12.1. The van der Waals surface area contributed by atoms with Crippen molar-refractivity contribution in [2.45, 2.75) is 25.8 Å². The van der Waals surface area contributed by atoms with Gasteiger partial charge in [-0.2, -0.15) is 0 Å². The number of ether oxygens (including phenoxy) is 2. The molecule has 0 spiro atoms. The van der Waals surface area contributed by atoms with Crippen molar-refractivity contribution in [1.29, 1.82) is 0 Å². The van der Waals surface area contributed by atoms with Gasteiger partial charge in [-0.05, 0) is 37.5 Å². The number of carboxylic acids is 1. The zero-order chi connectivity index (χ0) is 18.2. The molecule has 1 heterocycles. The Bertz CT molecular complexity index is 575. The lowest BCUT2D eigenvalue weighted by Crippen LogP contribution is -2.48. The van der Waals surface area contributed by atoms with Gasteiger partial charge in [0.2, 0.25) is 0 Å². The normalized spacial score (nSPS) is 18.5. The number of hydrogen-bond acceptors (Lipinski definition) is 4. The standard InChI is InChI=1S/C18H26N2O5/c1-3-25-15-8-6-13(7-9-15)16(12-24-2)19-18(23)20-10-4-5-14(11-20)17(21)22/h6-9,14,16H,3-5,10-12H2,1-2H3,(H,19,23)(H,21,22). The molecule has 138 valence electrons. The van der Waals surface area contributed by atoms with Crippen LogP contribution in [0.25, 0.3) is 0 Å². The van der Waals surface area contributed by atoms with Gasteiger partial charge < -0.3 is 24.8 Å². The number of hydrogen-bond donors (Lipinski definition) is 2. The van der Waals surface area contributed by atoms with Gasteiger partial charge >= 0.3 is 12.0 Å². The lowest BCUT2D eigenvalue weighted by Gasteiger charge is -2.32. The molecule has 0 aliphatic carbocycles. The van der Waals surface area contributed by atoms with Crippen LogP contribution in [0.3, 0.4) is 0 Å². The SMILES string of the molecule is CCOc1ccc(C(COC)NC(=O)N2CCCC(C(=O)O)C2)cc1. The van der Waals surface area contributed by atoms with E-state index in [2.05, 4.69) is 5.32 Å². The fraction of sp³-hybridized carbons (Fsp3) is 0.556. The van der Waals surface area contributed by atoms with Gasteiger partial charge in [0.15, 0.2) is 0 Å². The summed E-state index contributed by atoms with van der Waals surface area (Å²) in [5.41, 5.74) is 0.908. The summed E-state index contributed by atoms with van der Waals surface area (Å²) >= 11 is 0. The van der Waals surface area contributed by atoms with Crippen LogP contribution in [0.15, 0.2) is 24.3 Å². The monoisotopic (exact) mass is 350 g/mol. The van der Waals surface area contributed by atoms with Crippen LogP contribution in [0, 0.1) is 5.92 Å². The highest BCUT2D eigenvalue weighted by atomic mass is 16.5. The van der Waals surface area contributed by atoms with Crippen LogP contribution >= 0.6 is 0 Å². The van der Waals surface area contributed by atoms with E-state index in [1.807, 2.05) is 31.2 Å². The van der Waals surface area contributed by atoms with Crippen molar-refractivity contribution in [3.8, 4) is 5.75 Å². The molecule has 0 bridgehead atoms. The average Bonchev–Trinajstić information content (AvgIpc) is 2.62. The Labute approximate surface area is 147 Å². The highest BCUT2D eigenvalue weighted by Gasteiger charge is 2.29. The quantitative estimate of drug-likeness (QED) is 0.788. The van der Waals surface area contributed by atoms with E-state index >= 15 is 0 Å². The molecule has 1 fully saturated rings. The summed E-state index contributed by atoms with van der Waals surface area (Å²) in [6.45, 7) is 3.65. The molecule has 0 saturated carbocycles. The smallest absolute Gasteiger partial charge is 0.317 e. The van der Waals surface area contributed by atoms with Gasteiger partial charge in [0.05, 0.1) is 25.2 Å². The van der Waals surface area contributed by atoms with E-state index in [0.29, 0.717) is 32.6 Å². The number of benzene rings is 1. The van der Waals surface area contributed by atoms with Crippen molar-refractivity contribution in [3.63, 3.8) is 0 Å². The third-order valence-corrected chi connectivity index (χ3v) is 4.28. The van der Waals surface area contributed by atoms with Gasteiger partial charge in [-0.15, -0.1) is 0 Å². The second-order valence-corrected chi connectivity index (χ2v) is 6.08. The molecule has 2 atom stereocenters. The van der Waals surface area contributed by atoms with Crippen molar-refractivity contribution in [3.05, 3.63) is 29.8 Å². The first-order valence-electron chi connectivity index (χ1n) is 8.55. The Hall–Kier alpha value is -2.28. The average molecular weight is 350 g/mol. The molecular formula is C18H26N2O5. The number of likely N-dealkylation sites (tertiary alicyclic amines) is 1. The molecular weight excluding hydrogens is 324 g/mol. The molecule has 0 radical (unpaired) electrons. The molecule has 7 nitrogen and oxygen atoms in total. The van der Waals surface area contributed by atoms with E-state index in [1.54, 1.807) is 12.0 Å². The maximum atomic E-state index is 12.5. The minimum Gasteiger partial charge on any atom is -0.494 e. The molecule has 1 aliphatic heterocycles. The van der Waals surface area contributed by atoms with E-state index in [4.69, 9.17) is 14.6 Å². The summed E-state index contributed by atoms with van der Waals surface area (Å²) in [5.74, 6) is -0.572. The minimum atomic E-state index is -0.850. The van der Waals surface area contributed by atoms with Crippen molar-refractivity contribution in [2.24, 2.45) is 5.92 Å².